The average Bonchev–Trinajstić information content (AvgIpc) is 2.46. The number of anilines is 1. The van der Waals surface area contributed by atoms with Crippen molar-refractivity contribution in [3.05, 3.63) is 29.8 Å². The lowest BCUT2D eigenvalue weighted by molar-refractivity contribution is 0.0663. The standard InChI is InChI=1S/C18H30N2/c1-4-16-7-5-6-8-18(16)20(14(2)3)13-15-9-11-17(19)12-10-15/h9-12,14,16,18H,4-8,13,19H2,1-3H3. The summed E-state index contributed by atoms with van der Waals surface area (Å²) in [6.45, 7) is 8.07. The summed E-state index contributed by atoms with van der Waals surface area (Å²) in [5.41, 5.74) is 8.03. The first-order valence-corrected chi connectivity index (χ1v) is 8.22. The molecule has 0 radical (unpaired) electrons. The smallest absolute Gasteiger partial charge is 0.0314 e. The first-order valence-electron chi connectivity index (χ1n) is 8.22. The zero-order valence-electron chi connectivity index (χ0n) is 13.3. The minimum atomic E-state index is 0.602. The van der Waals surface area contributed by atoms with Crippen LogP contribution in [0.25, 0.3) is 0 Å². The Hall–Kier alpha value is -1.02. The van der Waals surface area contributed by atoms with Crippen molar-refractivity contribution in [1.82, 2.24) is 4.90 Å². The van der Waals surface area contributed by atoms with Gasteiger partial charge < -0.3 is 5.73 Å². The zero-order valence-corrected chi connectivity index (χ0v) is 13.3. The highest BCUT2D eigenvalue weighted by molar-refractivity contribution is 5.39. The van der Waals surface area contributed by atoms with Gasteiger partial charge in [0.25, 0.3) is 0 Å². The molecule has 0 saturated heterocycles. The molecule has 2 heteroatoms. The van der Waals surface area contributed by atoms with E-state index in [-0.39, 0.29) is 0 Å². The van der Waals surface area contributed by atoms with Crippen molar-refractivity contribution in [3.63, 3.8) is 0 Å². The van der Waals surface area contributed by atoms with Crippen molar-refractivity contribution in [2.75, 3.05) is 5.73 Å². The van der Waals surface area contributed by atoms with Crippen LogP contribution in [0.5, 0.6) is 0 Å². The molecule has 1 aliphatic rings. The second-order valence-corrected chi connectivity index (χ2v) is 6.53. The number of nitrogens with two attached hydrogens (primary N) is 1. The van der Waals surface area contributed by atoms with Crippen LogP contribution < -0.4 is 5.73 Å². The monoisotopic (exact) mass is 274 g/mol. The van der Waals surface area contributed by atoms with Gasteiger partial charge in [-0.25, -0.2) is 0 Å². The van der Waals surface area contributed by atoms with E-state index in [0.717, 1.165) is 24.2 Å². The van der Waals surface area contributed by atoms with Crippen LogP contribution in [0.15, 0.2) is 24.3 Å². The molecular formula is C18H30N2. The molecule has 0 heterocycles. The number of hydrogen-bond donors (Lipinski definition) is 1. The highest BCUT2D eigenvalue weighted by Gasteiger charge is 2.30. The molecule has 2 atom stereocenters. The lowest BCUT2D eigenvalue weighted by Gasteiger charge is -2.42. The van der Waals surface area contributed by atoms with E-state index < -0.39 is 0 Å². The Balaban J connectivity index is 2.11. The van der Waals surface area contributed by atoms with Gasteiger partial charge >= 0.3 is 0 Å². The van der Waals surface area contributed by atoms with Gasteiger partial charge in [-0.05, 0) is 50.3 Å². The van der Waals surface area contributed by atoms with E-state index in [1.807, 2.05) is 12.1 Å². The third-order valence-electron chi connectivity index (χ3n) is 4.83. The lowest BCUT2D eigenvalue weighted by Crippen LogP contribution is -2.45. The third-order valence-corrected chi connectivity index (χ3v) is 4.83. The van der Waals surface area contributed by atoms with Crippen molar-refractivity contribution in [1.29, 1.82) is 0 Å². The zero-order chi connectivity index (χ0) is 14.5. The Morgan fingerprint density at radius 3 is 2.40 bits per heavy atom. The van der Waals surface area contributed by atoms with Crippen molar-refractivity contribution < 1.29 is 0 Å². The fourth-order valence-electron chi connectivity index (χ4n) is 3.62. The fraction of sp³-hybridized carbons (Fsp3) is 0.667. The number of benzene rings is 1. The summed E-state index contributed by atoms with van der Waals surface area (Å²) in [6.07, 6.45) is 6.91. The molecule has 1 aromatic rings. The summed E-state index contributed by atoms with van der Waals surface area (Å²) in [5, 5.41) is 0. The molecule has 0 bridgehead atoms. The van der Waals surface area contributed by atoms with E-state index in [9.17, 15) is 0 Å². The molecule has 2 unspecified atom stereocenters. The Bertz CT molecular complexity index is 396. The van der Waals surface area contributed by atoms with Crippen LogP contribution in [0, 0.1) is 5.92 Å². The fourth-order valence-corrected chi connectivity index (χ4v) is 3.62. The number of rotatable bonds is 5. The molecule has 0 aromatic heterocycles. The molecule has 0 aliphatic heterocycles. The SMILES string of the molecule is CCC1CCCCC1N(Cc1ccc(N)cc1)C(C)C. The molecule has 2 nitrogen and oxygen atoms in total. The lowest BCUT2D eigenvalue weighted by atomic mass is 9.81. The van der Waals surface area contributed by atoms with Gasteiger partial charge in [-0.15, -0.1) is 0 Å². The van der Waals surface area contributed by atoms with Gasteiger partial charge in [0, 0.05) is 24.3 Å². The van der Waals surface area contributed by atoms with Crippen molar-refractivity contribution >= 4 is 5.69 Å². The Morgan fingerprint density at radius 1 is 1.15 bits per heavy atom. The molecule has 1 aromatic carbocycles. The number of hydrogen-bond acceptors (Lipinski definition) is 2. The maximum Gasteiger partial charge on any atom is 0.0314 e. The minimum Gasteiger partial charge on any atom is -0.399 e. The third kappa shape index (κ3) is 3.76. The molecule has 1 saturated carbocycles. The van der Waals surface area contributed by atoms with Gasteiger partial charge in [0.2, 0.25) is 0 Å². The average molecular weight is 274 g/mol. The highest BCUT2D eigenvalue weighted by Crippen LogP contribution is 2.32. The second-order valence-electron chi connectivity index (χ2n) is 6.53. The quantitative estimate of drug-likeness (QED) is 0.804. The van der Waals surface area contributed by atoms with Gasteiger partial charge in [0.05, 0.1) is 0 Å². The summed E-state index contributed by atoms with van der Waals surface area (Å²) in [7, 11) is 0. The predicted octanol–water partition coefficient (Wildman–Crippen LogP) is 4.45. The molecule has 2 rings (SSSR count). The topological polar surface area (TPSA) is 29.3 Å². The van der Waals surface area contributed by atoms with Gasteiger partial charge in [0.1, 0.15) is 0 Å². The van der Waals surface area contributed by atoms with Crippen molar-refractivity contribution in [3.8, 4) is 0 Å². The minimum absolute atomic E-state index is 0.602. The first kappa shape index (κ1) is 15.4. The van der Waals surface area contributed by atoms with E-state index in [1.165, 1.54) is 37.7 Å². The van der Waals surface area contributed by atoms with Crippen LogP contribution >= 0.6 is 0 Å². The van der Waals surface area contributed by atoms with E-state index in [1.54, 1.807) is 0 Å². The van der Waals surface area contributed by atoms with Gasteiger partial charge in [-0.2, -0.15) is 0 Å². The molecule has 112 valence electrons. The maximum atomic E-state index is 5.79. The van der Waals surface area contributed by atoms with Gasteiger partial charge in [-0.3, -0.25) is 4.90 Å². The van der Waals surface area contributed by atoms with E-state index in [4.69, 9.17) is 5.73 Å². The summed E-state index contributed by atoms with van der Waals surface area (Å²) in [5.74, 6) is 0.875. The van der Waals surface area contributed by atoms with Crippen LogP contribution in [0.2, 0.25) is 0 Å². The van der Waals surface area contributed by atoms with E-state index in [0.29, 0.717) is 6.04 Å². The van der Waals surface area contributed by atoms with Gasteiger partial charge in [-0.1, -0.05) is 38.3 Å². The normalized spacial score (nSPS) is 23.4. The van der Waals surface area contributed by atoms with E-state index >= 15 is 0 Å². The second kappa shape index (κ2) is 7.12. The Labute approximate surface area is 124 Å². The Kier molecular flexibility index (Phi) is 5.47. The molecule has 2 N–H and O–H groups in total. The van der Waals surface area contributed by atoms with Gasteiger partial charge in [0.15, 0.2) is 0 Å². The first-order chi connectivity index (χ1) is 9.61. The summed E-state index contributed by atoms with van der Waals surface area (Å²) in [4.78, 5) is 2.71. The molecule has 1 fully saturated rings. The van der Waals surface area contributed by atoms with Crippen LogP contribution in [-0.2, 0) is 6.54 Å². The van der Waals surface area contributed by atoms with Crippen LogP contribution in [0.3, 0.4) is 0 Å². The highest BCUT2D eigenvalue weighted by atomic mass is 15.2. The summed E-state index contributed by atoms with van der Waals surface area (Å²) >= 11 is 0. The Morgan fingerprint density at radius 2 is 1.80 bits per heavy atom. The molecular weight excluding hydrogens is 244 g/mol. The van der Waals surface area contributed by atoms with Crippen LogP contribution in [0.4, 0.5) is 5.69 Å². The summed E-state index contributed by atoms with van der Waals surface area (Å²) in [6, 6.07) is 9.75. The van der Waals surface area contributed by atoms with Crippen LogP contribution in [0.1, 0.15) is 58.4 Å². The number of nitrogens with zero attached hydrogens (tertiary/aromatic N) is 1. The van der Waals surface area contributed by atoms with Crippen molar-refractivity contribution in [2.45, 2.75) is 71.5 Å². The maximum absolute atomic E-state index is 5.79. The van der Waals surface area contributed by atoms with Crippen LogP contribution in [-0.4, -0.2) is 17.0 Å². The molecule has 0 amide bonds. The van der Waals surface area contributed by atoms with E-state index in [2.05, 4.69) is 37.8 Å². The molecule has 0 spiro atoms. The predicted molar refractivity (Wildman–Crippen MR) is 87.6 cm³/mol. The number of nitrogen functional groups attached to an aromatic ring is 1. The molecule has 1 aliphatic carbocycles. The summed E-state index contributed by atoms with van der Waals surface area (Å²) < 4.78 is 0. The largest absolute Gasteiger partial charge is 0.399 e. The molecule has 20 heavy (non-hydrogen) atoms. The van der Waals surface area contributed by atoms with Crippen molar-refractivity contribution in [2.24, 2.45) is 5.92 Å².